The van der Waals surface area contributed by atoms with Gasteiger partial charge in [-0.3, -0.25) is 4.98 Å². The van der Waals surface area contributed by atoms with Crippen LogP contribution in [0.5, 0.6) is 0 Å². The third-order valence-electron chi connectivity index (χ3n) is 1.45. The van der Waals surface area contributed by atoms with Crippen LogP contribution >= 0.6 is 24.0 Å². The van der Waals surface area contributed by atoms with Crippen LogP contribution in [0.15, 0.2) is 34.2 Å². The fourth-order valence-electron chi connectivity index (χ4n) is 0.911. The van der Waals surface area contributed by atoms with Gasteiger partial charge < -0.3 is 0 Å². The minimum absolute atomic E-state index is 0.786. The van der Waals surface area contributed by atoms with Crippen molar-refractivity contribution in [3.63, 3.8) is 0 Å². The van der Waals surface area contributed by atoms with Crippen molar-refractivity contribution >= 4 is 24.0 Å². The van der Waals surface area contributed by atoms with Gasteiger partial charge in [0.25, 0.3) is 0 Å². The third kappa shape index (κ3) is 1.49. The Morgan fingerprint density at radius 2 is 2.33 bits per heavy atom. The Morgan fingerprint density at radius 3 is 2.92 bits per heavy atom. The molecular weight excluding hydrogens is 188 g/mol. The molecule has 2 aromatic rings. The SMILES string of the molecule is Sc1nc(-c2cccnc2)cs1. The van der Waals surface area contributed by atoms with Crippen LogP contribution in [0.3, 0.4) is 0 Å². The molecule has 0 spiro atoms. The minimum Gasteiger partial charge on any atom is -0.264 e. The Balaban J connectivity index is 2.45. The van der Waals surface area contributed by atoms with E-state index in [1.807, 2.05) is 17.5 Å². The lowest BCUT2D eigenvalue weighted by Gasteiger charge is -1.91. The van der Waals surface area contributed by atoms with E-state index in [1.165, 1.54) is 11.3 Å². The van der Waals surface area contributed by atoms with Gasteiger partial charge in [-0.1, -0.05) is 0 Å². The van der Waals surface area contributed by atoms with Gasteiger partial charge in [-0.2, -0.15) is 0 Å². The van der Waals surface area contributed by atoms with Crippen LogP contribution < -0.4 is 0 Å². The molecule has 0 unspecified atom stereocenters. The lowest BCUT2D eigenvalue weighted by atomic mass is 10.2. The molecule has 0 aliphatic heterocycles. The number of hydrogen-bond donors (Lipinski definition) is 1. The van der Waals surface area contributed by atoms with Crippen molar-refractivity contribution < 1.29 is 0 Å². The Hall–Kier alpha value is -0.870. The maximum Gasteiger partial charge on any atom is 0.147 e. The van der Waals surface area contributed by atoms with Crippen molar-refractivity contribution in [3.05, 3.63) is 29.9 Å². The van der Waals surface area contributed by atoms with E-state index in [4.69, 9.17) is 0 Å². The molecule has 0 N–H and O–H groups in total. The van der Waals surface area contributed by atoms with E-state index in [0.29, 0.717) is 0 Å². The topological polar surface area (TPSA) is 25.8 Å². The summed E-state index contributed by atoms with van der Waals surface area (Å²) >= 11 is 5.67. The van der Waals surface area contributed by atoms with Crippen molar-refractivity contribution in [3.8, 4) is 11.3 Å². The molecule has 0 aliphatic rings. The number of pyridine rings is 1. The summed E-state index contributed by atoms with van der Waals surface area (Å²) in [6.45, 7) is 0. The molecule has 0 amide bonds. The summed E-state index contributed by atoms with van der Waals surface area (Å²) < 4.78 is 0.786. The van der Waals surface area contributed by atoms with Crippen molar-refractivity contribution in [2.75, 3.05) is 0 Å². The van der Waals surface area contributed by atoms with E-state index < -0.39 is 0 Å². The second-order valence-electron chi connectivity index (χ2n) is 2.26. The molecule has 0 fully saturated rings. The molecular formula is C8H6N2S2. The first-order valence-electron chi connectivity index (χ1n) is 3.41. The van der Waals surface area contributed by atoms with E-state index in [-0.39, 0.29) is 0 Å². The van der Waals surface area contributed by atoms with Crippen LogP contribution in [0.1, 0.15) is 0 Å². The van der Waals surface area contributed by atoms with E-state index in [1.54, 1.807) is 12.4 Å². The van der Waals surface area contributed by atoms with Crippen LogP contribution in [-0.4, -0.2) is 9.97 Å². The molecule has 60 valence electrons. The quantitative estimate of drug-likeness (QED) is 0.706. The number of rotatable bonds is 1. The molecule has 0 aromatic carbocycles. The molecule has 0 radical (unpaired) electrons. The molecule has 0 aliphatic carbocycles. The fourth-order valence-corrected chi connectivity index (χ4v) is 1.73. The fraction of sp³-hybridized carbons (Fsp3) is 0. The van der Waals surface area contributed by atoms with Gasteiger partial charge in [0.15, 0.2) is 0 Å². The average Bonchev–Trinajstić information content (AvgIpc) is 2.54. The zero-order valence-corrected chi connectivity index (χ0v) is 7.85. The van der Waals surface area contributed by atoms with Crippen molar-refractivity contribution in [2.45, 2.75) is 4.34 Å². The number of hydrogen-bond acceptors (Lipinski definition) is 4. The zero-order chi connectivity index (χ0) is 8.39. The molecule has 2 rings (SSSR count). The maximum absolute atomic E-state index is 4.22. The van der Waals surface area contributed by atoms with Crippen LogP contribution in [0.2, 0.25) is 0 Å². The highest BCUT2D eigenvalue weighted by Crippen LogP contribution is 2.22. The zero-order valence-electron chi connectivity index (χ0n) is 6.14. The largest absolute Gasteiger partial charge is 0.264 e. The van der Waals surface area contributed by atoms with Gasteiger partial charge in [0.2, 0.25) is 0 Å². The van der Waals surface area contributed by atoms with Crippen LogP contribution in [0, 0.1) is 0 Å². The minimum atomic E-state index is 0.786. The van der Waals surface area contributed by atoms with Gasteiger partial charge in [0.05, 0.1) is 5.69 Å². The van der Waals surface area contributed by atoms with Crippen LogP contribution in [0.4, 0.5) is 0 Å². The van der Waals surface area contributed by atoms with Gasteiger partial charge in [0, 0.05) is 23.3 Å². The standard InChI is InChI=1S/C8H6N2S2/c11-8-10-7(5-12-8)6-2-1-3-9-4-6/h1-5H,(H,10,11). The van der Waals surface area contributed by atoms with E-state index >= 15 is 0 Å². The highest BCUT2D eigenvalue weighted by atomic mass is 32.2. The predicted molar refractivity (Wildman–Crippen MR) is 52.6 cm³/mol. The van der Waals surface area contributed by atoms with Crippen LogP contribution in [0.25, 0.3) is 11.3 Å². The number of nitrogens with zero attached hydrogens (tertiary/aromatic N) is 2. The Morgan fingerprint density at radius 1 is 1.42 bits per heavy atom. The Labute approximate surface area is 79.7 Å². The molecule has 0 saturated carbocycles. The van der Waals surface area contributed by atoms with Gasteiger partial charge in [0.1, 0.15) is 4.34 Å². The molecule has 4 heteroatoms. The molecule has 12 heavy (non-hydrogen) atoms. The molecule has 2 heterocycles. The summed E-state index contributed by atoms with van der Waals surface area (Å²) in [6.07, 6.45) is 3.54. The molecule has 0 atom stereocenters. The third-order valence-corrected chi connectivity index (χ3v) is 2.51. The number of aromatic nitrogens is 2. The van der Waals surface area contributed by atoms with E-state index in [0.717, 1.165) is 15.6 Å². The molecule has 2 nitrogen and oxygen atoms in total. The Kier molecular flexibility index (Phi) is 2.10. The number of thiol groups is 1. The van der Waals surface area contributed by atoms with Gasteiger partial charge in [-0.25, -0.2) is 4.98 Å². The summed E-state index contributed by atoms with van der Waals surface area (Å²) in [5.74, 6) is 0. The lowest BCUT2D eigenvalue weighted by Crippen LogP contribution is -1.77. The Bertz CT molecular complexity index is 370. The van der Waals surface area contributed by atoms with E-state index in [2.05, 4.69) is 22.6 Å². The predicted octanol–water partition coefficient (Wildman–Crippen LogP) is 2.49. The first kappa shape index (κ1) is 7.76. The van der Waals surface area contributed by atoms with Gasteiger partial charge >= 0.3 is 0 Å². The average molecular weight is 194 g/mol. The molecule has 0 bridgehead atoms. The van der Waals surface area contributed by atoms with E-state index in [9.17, 15) is 0 Å². The van der Waals surface area contributed by atoms with Crippen molar-refractivity contribution in [2.24, 2.45) is 0 Å². The lowest BCUT2D eigenvalue weighted by molar-refractivity contribution is 1.24. The monoisotopic (exact) mass is 194 g/mol. The number of thiazole rings is 1. The van der Waals surface area contributed by atoms with Gasteiger partial charge in [-0.05, 0) is 12.1 Å². The summed E-state index contributed by atoms with van der Waals surface area (Å²) in [5, 5.41) is 1.97. The highest BCUT2D eigenvalue weighted by Gasteiger charge is 2.00. The first-order valence-corrected chi connectivity index (χ1v) is 4.74. The summed E-state index contributed by atoms with van der Waals surface area (Å²) in [5.41, 5.74) is 1.98. The highest BCUT2D eigenvalue weighted by molar-refractivity contribution is 7.82. The first-order chi connectivity index (χ1) is 5.86. The van der Waals surface area contributed by atoms with Crippen LogP contribution in [-0.2, 0) is 0 Å². The maximum atomic E-state index is 4.22. The van der Waals surface area contributed by atoms with Crippen molar-refractivity contribution in [1.82, 2.24) is 9.97 Å². The normalized spacial score (nSPS) is 10.1. The second kappa shape index (κ2) is 3.25. The molecule has 2 aromatic heterocycles. The summed E-state index contributed by atoms with van der Waals surface area (Å²) in [7, 11) is 0. The van der Waals surface area contributed by atoms with Gasteiger partial charge in [-0.15, -0.1) is 24.0 Å². The molecule has 0 saturated heterocycles. The summed E-state index contributed by atoms with van der Waals surface area (Å²) in [6, 6.07) is 3.88. The second-order valence-corrected chi connectivity index (χ2v) is 3.84. The van der Waals surface area contributed by atoms with Crippen molar-refractivity contribution in [1.29, 1.82) is 0 Å². The summed E-state index contributed by atoms with van der Waals surface area (Å²) in [4.78, 5) is 8.23. The smallest absolute Gasteiger partial charge is 0.147 e.